The van der Waals surface area contributed by atoms with E-state index in [0.717, 1.165) is 25.7 Å². The second kappa shape index (κ2) is 5.27. The maximum absolute atomic E-state index is 13.5. The van der Waals surface area contributed by atoms with Gasteiger partial charge in [-0.1, -0.05) is 20.8 Å². The van der Waals surface area contributed by atoms with Crippen molar-refractivity contribution in [3.8, 4) is 0 Å². The summed E-state index contributed by atoms with van der Waals surface area (Å²) in [6.07, 6.45) is 5.49. The van der Waals surface area contributed by atoms with E-state index < -0.39 is 11.0 Å². The van der Waals surface area contributed by atoms with Gasteiger partial charge in [0.15, 0.2) is 5.78 Å². The van der Waals surface area contributed by atoms with Crippen LogP contribution in [0.1, 0.15) is 79.1 Å². The minimum Gasteiger partial charge on any atom is -0.381 e. The lowest BCUT2D eigenvalue weighted by Gasteiger charge is -2.63. The molecule has 0 heterocycles. The Morgan fingerprint density at radius 1 is 1.00 bits per heavy atom. The Bertz CT molecular complexity index is 698. The third-order valence-corrected chi connectivity index (χ3v) is 9.60. The third-order valence-electron chi connectivity index (χ3n) is 9.60. The number of hydrogen-bond acceptors (Lipinski definition) is 4. The molecule has 0 saturated heterocycles. The molecular weight excluding hydrogens is 328 g/mol. The van der Waals surface area contributed by atoms with Crippen molar-refractivity contribution < 1.29 is 19.5 Å². The zero-order valence-corrected chi connectivity index (χ0v) is 16.6. The average Bonchev–Trinajstić information content (AvgIpc) is 2.81. The summed E-state index contributed by atoms with van der Waals surface area (Å²) in [4.78, 5) is 37.9. The molecule has 4 rings (SSSR count). The molecule has 0 aromatic rings. The molecule has 0 aromatic heterocycles. The topological polar surface area (TPSA) is 71.4 Å². The molecule has 4 heteroatoms. The van der Waals surface area contributed by atoms with Crippen LogP contribution in [-0.4, -0.2) is 28.1 Å². The molecule has 0 unspecified atom stereocenters. The van der Waals surface area contributed by atoms with Gasteiger partial charge in [-0.05, 0) is 61.7 Å². The molecule has 26 heavy (non-hydrogen) atoms. The maximum atomic E-state index is 13.5. The Kier molecular flexibility index (Phi) is 3.72. The average molecular weight is 360 g/mol. The van der Waals surface area contributed by atoms with Gasteiger partial charge in [-0.3, -0.25) is 14.4 Å². The minimum absolute atomic E-state index is 0.0262. The summed E-state index contributed by atoms with van der Waals surface area (Å²) in [5.41, 5.74) is -2.23. The summed E-state index contributed by atoms with van der Waals surface area (Å²) < 4.78 is 0. The summed E-state index contributed by atoms with van der Waals surface area (Å²) in [7, 11) is 0. The summed E-state index contributed by atoms with van der Waals surface area (Å²) in [5.74, 6) is 0.797. The predicted octanol–water partition coefficient (Wildman–Crippen LogP) is 3.49. The molecule has 0 radical (unpaired) electrons. The quantitative estimate of drug-likeness (QED) is 0.777. The third kappa shape index (κ3) is 1.97. The first-order chi connectivity index (χ1) is 12.0. The highest BCUT2D eigenvalue weighted by Crippen LogP contribution is 2.70. The lowest BCUT2D eigenvalue weighted by atomic mass is 9.40. The molecule has 4 saturated carbocycles. The molecule has 0 bridgehead atoms. The highest BCUT2D eigenvalue weighted by atomic mass is 16.3. The van der Waals surface area contributed by atoms with E-state index in [0.29, 0.717) is 31.5 Å². The SMILES string of the molecule is CC(=O)[C@@]1(O)CC[C@@H]2[C@@H]3CC[C@@]4(C)CC(=O)CC[C@]4(C)[C@H]3C(=O)C[C@@]21C. The second-order valence-electron chi connectivity index (χ2n) is 10.5. The molecule has 4 fully saturated rings. The Balaban J connectivity index is 1.76. The largest absolute Gasteiger partial charge is 0.381 e. The lowest BCUT2D eigenvalue weighted by molar-refractivity contribution is -0.187. The Hall–Kier alpha value is -1.03. The number of aliphatic hydroxyl groups is 1. The fourth-order valence-corrected chi connectivity index (χ4v) is 7.77. The summed E-state index contributed by atoms with van der Waals surface area (Å²) >= 11 is 0. The Labute approximate surface area is 156 Å². The van der Waals surface area contributed by atoms with Crippen molar-refractivity contribution >= 4 is 17.3 Å². The van der Waals surface area contributed by atoms with Gasteiger partial charge in [0, 0.05) is 30.6 Å². The van der Waals surface area contributed by atoms with Crippen molar-refractivity contribution in [2.45, 2.75) is 84.7 Å². The van der Waals surface area contributed by atoms with Gasteiger partial charge in [0.05, 0.1) is 0 Å². The van der Waals surface area contributed by atoms with Crippen LogP contribution in [0.25, 0.3) is 0 Å². The van der Waals surface area contributed by atoms with Crippen LogP contribution >= 0.6 is 0 Å². The number of carbonyl (C=O) groups excluding carboxylic acids is 3. The van der Waals surface area contributed by atoms with Gasteiger partial charge in [-0.15, -0.1) is 0 Å². The first-order valence-electron chi connectivity index (χ1n) is 10.3. The monoisotopic (exact) mass is 360 g/mol. The van der Waals surface area contributed by atoms with E-state index in [1.54, 1.807) is 0 Å². The number of hydrogen-bond donors (Lipinski definition) is 1. The van der Waals surface area contributed by atoms with Crippen molar-refractivity contribution in [3.05, 3.63) is 0 Å². The van der Waals surface area contributed by atoms with Crippen LogP contribution in [0.2, 0.25) is 0 Å². The number of fused-ring (bicyclic) bond motifs is 5. The number of carbonyl (C=O) groups is 3. The Morgan fingerprint density at radius 2 is 1.69 bits per heavy atom. The lowest BCUT2D eigenvalue weighted by Crippen LogP contribution is -2.63. The van der Waals surface area contributed by atoms with Crippen molar-refractivity contribution in [1.82, 2.24) is 0 Å². The Morgan fingerprint density at radius 3 is 2.35 bits per heavy atom. The maximum Gasteiger partial charge on any atom is 0.161 e. The first-order valence-corrected chi connectivity index (χ1v) is 10.3. The summed E-state index contributed by atoms with van der Waals surface area (Å²) in [5, 5.41) is 11.2. The van der Waals surface area contributed by atoms with Crippen LogP contribution in [0.4, 0.5) is 0 Å². The van der Waals surface area contributed by atoms with Crippen LogP contribution < -0.4 is 0 Å². The molecular formula is C22H32O4. The minimum atomic E-state index is -1.36. The fourth-order valence-electron chi connectivity index (χ4n) is 7.77. The molecule has 0 aliphatic heterocycles. The molecule has 0 aromatic carbocycles. The van der Waals surface area contributed by atoms with E-state index in [9.17, 15) is 19.5 Å². The van der Waals surface area contributed by atoms with E-state index in [2.05, 4.69) is 13.8 Å². The van der Waals surface area contributed by atoms with Crippen LogP contribution in [-0.2, 0) is 14.4 Å². The van der Waals surface area contributed by atoms with E-state index in [1.165, 1.54) is 6.92 Å². The van der Waals surface area contributed by atoms with E-state index in [1.807, 2.05) is 6.92 Å². The molecule has 7 atom stereocenters. The van der Waals surface area contributed by atoms with Gasteiger partial charge >= 0.3 is 0 Å². The summed E-state index contributed by atoms with van der Waals surface area (Å²) in [6, 6.07) is 0. The van der Waals surface area contributed by atoms with Crippen molar-refractivity contribution in [2.75, 3.05) is 0 Å². The zero-order chi connectivity index (χ0) is 19.1. The molecule has 144 valence electrons. The second-order valence-corrected chi connectivity index (χ2v) is 10.5. The molecule has 4 aliphatic rings. The normalized spacial score (nSPS) is 53.7. The molecule has 4 aliphatic carbocycles. The van der Waals surface area contributed by atoms with Gasteiger partial charge in [0.25, 0.3) is 0 Å². The smallest absolute Gasteiger partial charge is 0.161 e. The van der Waals surface area contributed by atoms with Gasteiger partial charge in [0.2, 0.25) is 0 Å². The van der Waals surface area contributed by atoms with Crippen molar-refractivity contribution in [1.29, 1.82) is 0 Å². The summed E-state index contributed by atoms with van der Waals surface area (Å²) in [6.45, 7) is 7.89. The number of ketones is 3. The molecule has 4 nitrogen and oxygen atoms in total. The van der Waals surface area contributed by atoms with Crippen molar-refractivity contribution in [3.63, 3.8) is 0 Å². The standard InChI is InChI=1S/C22H32O4/c1-13(23)22(26)10-7-16-15-6-8-19(2)11-14(24)5-9-20(19,3)18(15)17(25)12-21(16,22)4/h15-16,18,26H,5-12H2,1-4H3/t15-,16+,18+,19-,20+,21-,22-/m0/s1. The van der Waals surface area contributed by atoms with Crippen LogP contribution in [0.15, 0.2) is 0 Å². The molecule has 0 amide bonds. The van der Waals surface area contributed by atoms with Gasteiger partial charge in [-0.25, -0.2) is 0 Å². The van der Waals surface area contributed by atoms with E-state index in [4.69, 9.17) is 0 Å². The van der Waals surface area contributed by atoms with Gasteiger partial charge in [0.1, 0.15) is 17.2 Å². The zero-order valence-electron chi connectivity index (χ0n) is 16.6. The fraction of sp³-hybridized carbons (Fsp3) is 0.864. The molecule has 0 spiro atoms. The van der Waals surface area contributed by atoms with Gasteiger partial charge < -0.3 is 5.11 Å². The molecule has 1 N–H and O–H groups in total. The number of rotatable bonds is 1. The highest BCUT2D eigenvalue weighted by Gasteiger charge is 2.70. The van der Waals surface area contributed by atoms with E-state index in [-0.39, 0.29) is 40.2 Å². The van der Waals surface area contributed by atoms with Crippen molar-refractivity contribution in [2.24, 2.45) is 34.0 Å². The predicted molar refractivity (Wildman–Crippen MR) is 97.4 cm³/mol. The van der Waals surface area contributed by atoms with Crippen LogP contribution in [0, 0.1) is 34.0 Å². The highest BCUT2D eigenvalue weighted by molar-refractivity contribution is 5.91. The number of Topliss-reactive ketones (excluding diaryl/α,β-unsaturated/α-hetero) is 3. The van der Waals surface area contributed by atoms with Crippen LogP contribution in [0.5, 0.6) is 0 Å². The van der Waals surface area contributed by atoms with Crippen LogP contribution in [0.3, 0.4) is 0 Å². The first kappa shape index (κ1) is 18.3. The van der Waals surface area contributed by atoms with E-state index >= 15 is 0 Å². The van der Waals surface area contributed by atoms with Gasteiger partial charge in [-0.2, -0.15) is 0 Å².